The van der Waals surface area contributed by atoms with E-state index >= 15 is 0 Å². The Labute approximate surface area is 111 Å². The van der Waals surface area contributed by atoms with Crippen molar-refractivity contribution in [3.05, 3.63) is 22.4 Å². The third-order valence-corrected chi connectivity index (χ3v) is 4.06. The average Bonchev–Trinajstić information content (AvgIpc) is 2.83. The van der Waals surface area contributed by atoms with Crippen molar-refractivity contribution in [3.63, 3.8) is 0 Å². The van der Waals surface area contributed by atoms with Gasteiger partial charge in [-0.3, -0.25) is 4.79 Å². The lowest BCUT2D eigenvalue weighted by Crippen LogP contribution is -2.42. The zero-order valence-corrected chi connectivity index (χ0v) is 11.5. The van der Waals surface area contributed by atoms with Crippen molar-refractivity contribution in [3.8, 4) is 0 Å². The number of rotatable bonds is 2. The first-order valence-electron chi connectivity index (χ1n) is 4.94. The van der Waals surface area contributed by atoms with Crippen LogP contribution in [-0.2, 0) is 11.8 Å². The summed E-state index contributed by atoms with van der Waals surface area (Å²) in [5, 5.41) is 9.03. The summed E-state index contributed by atoms with van der Waals surface area (Å²) in [5.41, 5.74) is 0.491. The van der Waals surface area contributed by atoms with Gasteiger partial charge in [-0.1, -0.05) is 0 Å². The number of carboxylic acids is 1. The van der Waals surface area contributed by atoms with Crippen LogP contribution in [0.1, 0.15) is 10.5 Å². The van der Waals surface area contributed by atoms with Gasteiger partial charge >= 0.3 is 5.97 Å². The summed E-state index contributed by atoms with van der Waals surface area (Å²) in [4.78, 5) is 24.6. The lowest BCUT2D eigenvalue weighted by molar-refractivity contribution is -0.140. The number of aromatic nitrogens is 1. The second-order valence-electron chi connectivity index (χ2n) is 3.78. The quantitative estimate of drug-likeness (QED) is 0.895. The molecule has 2 heterocycles. The Morgan fingerprint density at radius 1 is 1.59 bits per heavy atom. The molecule has 1 aromatic rings. The maximum absolute atomic E-state index is 12.2. The van der Waals surface area contributed by atoms with Gasteiger partial charge in [-0.15, -0.1) is 11.8 Å². The third kappa shape index (κ3) is 2.35. The Hall–Kier alpha value is -0.950. The van der Waals surface area contributed by atoms with Crippen molar-refractivity contribution in [1.29, 1.82) is 0 Å². The maximum Gasteiger partial charge on any atom is 0.327 e. The van der Waals surface area contributed by atoms with Crippen LogP contribution in [0.25, 0.3) is 0 Å². The Morgan fingerprint density at radius 3 is 2.82 bits per heavy atom. The maximum atomic E-state index is 12.2. The van der Waals surface area contributed by atoms with Gasteiger partial charge in [0.1, 0.15) is 11.7 Å². The van der Waals surface area contributed by atoms with E-state index in [0.717, 1.165) is 4.47 Å². The highest BCUT2D eigenvalue weighted by molar-refractivity contribution is 9.10. The van der Waals surface area contributed by atoms with Crippen LogP contribution in [0.4, 0.5) is 0 Å². The standard InChI is InChI=1S/C10H11BrN2O3S/c1-12-3-6(11)2-7(12)9(14)13-5-17-4-8(13)10(15)16/h2-3,8H,4-5H2,1H3,(H,15,16). The summed E-state index contributed by atoms with van der Waals surface area (Å²) in [6, 6.07) is 0.978. The molecule has 1 saturated heterocycles. The molecule has 0 saturated carbocycles. The average molecular weight is 319 g/mol. The van der Waals surface area contributed by atoms with E-state index in [1.54, 1.807) is 23.9 Å². The largest absolute Gasteiger partial charge is 0.480 e. The van der Waals surface area contributed by atoms with Gasteiger partial charge in [-0.25, -0.2) is 4.79 Å². The summed E-state index contributed by atoms with van der Waals surface area (Å²) in [7, 11) is 1.76. The van der Waals surface area contributed by atoms with E-state index in [4.69, 9.17) is 5.11 Å². The highest BCUT2D eigenvalue weighted by Gasteiger charge is 2.35. The molecular formula is C10H11BrN2O3S. The minimum atomic E-state index is -0.948. The third-order valence-electron chi connectivity index (χ3n) is 2.62. The van der Waals surface area contributed by atoms with Crippen LogP contribution in [0.15, 0.2) is 16.7 Å². The number of hydrogen-bond donors (Lipinski definition) is 1. The molecule has 1 aliphatic heterocycles. The van der Waals surface area contributed by atoms with E-state index in [-0.39, 0.29) is 5.91 Å². The van der Waals surface area contributed by atoms with Crippen molar-refractivity contribution >= 4 is 39.6 Å². The molecule has 0 radical (unpaired) electrons. The number of halogens is 1. The number of carbonyl (C=O) groups is 2. The van der Waals surface area contributed by atoms with Crippen molar-refractivity contribution < 1.29 is 14.7 Å². The smallest absolute Gasteiger partial charge is 0.327 e. The van der Waals surface area contributed by atoms with E-state index in [9.17, 15) is 9.59 Å². The van der Waals surface area contributed by atoms with E-state index < -0.39 is 12.0 Å². The first kappa shape index (κ1) is 12.5. The fourth-order valence-electron chi connectivity index (χ4n) is 1.73. The molecule has 2 rings (SSSR count). The molecule has 1 N–H and O–H groups in total. The molecule has 5 nitrogen and oxygen atoms in total. The number of nitrogens with zero attached hydrogens (tertiary/aromatic N) is 2. The first-order chi connectivity index (χ1) is 8.00. The molecule has 7 heteroatoms. The molecule has 17 heavy (non-hydrogen) atoms. The number of thioether (sulfide) groups is 1. The van der Waals surface area contributed by atoms with Gasteiger partial charge < -0.3 is 14.6 Å². The minimum Gasteiger partial charge on any atom is -0.480 e. The van der Waals surface area contributed by atoms with Gasteiger partial charge in [0.2, 0.25) is 0 Å². The number of aliphatic carboxylic acids is 1. The molecule has 0 aliphatic carbocycles. The molecule has 0 bridgehead atoms. The number of carbonyl (C=O) groups excluding carboxylic acids is 1. The van der Waals surface area contributed by atoms with Crippen LogP contribution < -0.4 is 0 Å². The second kappa shape index (κ2) is 4.73. The number of aryl methyl sites for hydroxylation is 1. The first-order valence-corrected chi connectivity index (χ1v) is 6.89. The zero-order chi connectivity index (χ0) is 12.6. The van der Waals surface area contributed by atoms with Gasteiger partial charge in [0.05, 0.1) is 5.88 Å². The van der Waals surface area contributed by atoms with Crippen molar-refractivity contribution in [2.24, 2.45) is 7.05 Å². The SMILES string of the molecule is Cn1cc(Br)cc1C(=O)N1CSCC1C(=O)O. The Bertz CT molecular complexity index is 474. The fourth-order valence-corrected chi connectivity index (χ4v) is 3.40. The topological polar surface area (TPSA) is 62.5 Å². The zero-order valence-electron chi connectivity index (χ0n) is 9.09. The van der Waals surface area contributed by atoms with Crippen molar-refractivity contribution in [1.82, 2.24) is 9.47 Å². The highest BCUT2D eigenvalue weighted by Crippen LogP contribution is 2.24. The molecule has 1 unspecified atom stereocenters. The fraction of sp³-hybridized carbons (Fsp3) is 0.400. The van der Waals surface area contributed by atoms with Gasteiger partial charge in [-0.2, -0.15) is 0 Å². The number of amides is 1. The van der Waals surface area contributed by atoms with E-state index in [1.807, 2.05) is 0 Å². The minimum absolute atomic E-state index is 0.240. The predicted octanol–water partition coefficient (Wildman–Crippen LogP) is 1.39. The lowest BCUT2D eigenvalue weighted by atomic mass is 10.2. The molecular weight excluding hydrogens is 308 g/mol. The molecule has 0 aromatic carbocycles. The molecule has 1 aliphatic rings. The normalized spacial score (nSPS) is 19.6. The van der Waals surface area contributed by atoms with Crippen molar-refractivity contribution in [2.75, 3.05) is 11.6 Å². The molecule has 1 aromatic heterocycles. The predicted molar refractivity (Wildman–Crippen MR) is 68.0 cm³/mol. The molecule has 1 fully saturated rings. The van der Waals surface area contributed by atoms with Crippen LogP contribution in [0.5, 0.6) is 0 Å². The van der Waals surface area contributed by atoms with Crippen LogP contribution in [0.2, 0.25) is 0 Å². The molecule has 1 atom stereocenters. The van der Waals surface area contributed by atoms with Gasteiger partial charge in [-0.05, 0) is 22.0 Å². The summed E-state index contributed by atoms with van der Waals surface area (Å²) >= 11 is 4.75. The Morgan fingerprint density at radius 2 is 2.29 bits per heavy atom. The van der Waals surface area contributed by atoms with Crippen LogP contribution >= 0.6 is 27.7 Å². The molecule has 0 spiro atoms. The molecule has 92 valence electrons. The van der Waals surface area contributed by atoms with Gasteiger partial charge in [0, 0.05) is 23.5 Å². The number of carboxylic acid groups (broad SMARTS) is 1. The van der Waals surface area contributed by atoms with Crippen molar-refractivity contribution in [2.45, 2.75) is 6.04 Å². The van der Waals surface area contributed by atoms with Crippen LogP contribution in [0.3, 0.4) is 0 Å². The van der Waals surface area contributed by atoms with Gasteiger partial charge in [0.25, 0.3) is 5.91 Å². The second-order valence-corrected chi connectivity index (χ2v) is 5.70. The Balaban J connectivity index is 2.25. The summed E-state index contributed by atoms with van der Waals surface area (Å²) < 4.78 is 2.50. The van der Waals surface area contributed by atoms with Crippen LogP contribution in [0, 0.1) is 0 Å². The summed E-state index contributed by atoms with van der Waals surface area (Å²) in [5.74, 6) is -0.308. The van der Waals surface area contributed by atoms with Crippen LogP contribution in [-0.4, -0.2) is 44.1 Å². The van der Waals surface area contributed by atoms with Gasteiger partial charge in [0.15, 0.2) is 0 Å². The van der Waals surface area contributed by atoms with E-state index in [1.165, 1.54) is 16.7 Å². The highest BCUT2D eigenvalue weighted by atomic mass is 79.9. The molecule has 1 amide bonds. The summed E-state index contributed by atoms with van der Waals surface area (Å²) in [6.45, 7) is 0. The monoisotopic (exact) mass is 318 g/mol. The lowest BCUT2D eigenvalue weighted by Gasteiger charge is -2.20. The van der Waals surface area contributed by atoms with E-state index in [2.05, 4.69) is 15.9 Å². The number of hydrogen-bond acceptors (Lipinski definition) is 3. The van der Waals surface area contributed by atoms with E-state index in [0.29, 0.717) is 17.3 Å². The summed E-state index contributed by atoms with van der Waals surface area (Å²) in [6.07, 6.45) is 1.77. The Kier molecular flexibility index (Phi) is 3.48.